The number of halogens is 2. The number of tetrazole rings is 1. The summed E-state index contributed by atoms with van der Waals surface area (Å²) in [5.41, 5.74) is 1.05. The molecule has 0 amide bonds. The van der Waals surface area contributed by atoms with E-state index in [2.05, 4.69) is 20.1 Å². The summed E-state index contributed by atoms with van der Waals surface area (Å²) >= 11 is 0. The first-order valence-electron chi connectivity index (χ1n) is 7.55. The molecule has 0 aliphatic carbocycles. The fraction of sp³-hybridized carbons (Fsp3) is 0.188. The maximum absolute atomic E-state index is 14.0. The average Bonchev–Trinajstić information content (AvgIpc) is 3.04. The molecule has 26 heavy (non-hydrogen) atoms. The molecule has 10 heteroatoms. The number of rotatable bonds is 5. The summed E-state index contributed by atoms with van der Waals surface area (Å²) in [6.07, 6.45) is 0.0388. The molecule has 0 spiro atoms. The van der Waals surface area contributed by atoms with Crippen LogP contribution in [0, 0.1) is 11.6 Å². The lowest BCUT2D eigenvalue weighted by molar-refractivity contribution is 0.587. The van der Waals surface area contributed by atoms with Crippen molar-refractivity contribution in [1.29, 1.82) is 0 Å². The molecule has 3 aromatic rings. The monoisotopic (exact) mass is 379 g/mol. The zero-order valence-electron chi connectivity index (χ0n) is 13.9. The molecular formula is C16H15F2N5O2S. The highest BCUT2D eigenvalue weighted by molar-refractivity contribution is 7.89. The van der Waals surface area contributed by atoms with Crippen LogP contribution in [-0.2, 0) is 23.5 Å². The van der Waals surface area contributed by atoms with Crippen molar-refractivity contribution in [3.63, 3.8) is 0 Å². The van der Waals surface area contributed by atoms with E-state index < -0.39 is 21.7 Å². The van der Waals surface area contributed by atoms with Crippen molar-refractivity contribution in [1.82, 2.24) is 24.9 Å². The number of nitrogens with zero attached hydrogens (tertiary/aromatic N) is 4. The van der Waals surface area contributed by atoms with Crippen molar-refractivity contribution in [2.45, 2.75) is 11.3 Å². The van der Waals surface area contributed by atoms with Crippen LogP contribution in [0.3, 0.4) is 0 Å². The van der Waals surface area contributed by atoms with Crippen molar-refractivity contribution in [2.75, 3.05) is 7.05 Å². The van der Waals surface area contributed by atoms with E-state index in [1.807, 2.05) is 0 Å². The van der Waals surface area contributed by atoms with Crippen LogP contribution in [0.25, 0.3) is 11.4 Å². The van der Waals surface area contributed by atoms with E-state index >= 15 is 0 Å². The summed E-state index contributed by atoms with van der Waals surface area (Å²) in [6.45, 7) is 0. The second kappa shape index (κ2) is 6.89. The van der Waals surface area contributed by atoms with Gasteiger partial charge in [-0.25, -0.2) is 21.9 Å². The maximum Gasteiger partial charge on any atom is 0.240 e. The van der Waals surface area contributed by atoms with Gasteiger partial charge in [0.2, 0.25) is 15.8 Å². The second-order valence-corrected chi connectivity index (χ2v) is 7.43. The number of hydrogen-bond donors (Lipinski definition) is 1. The Morgan fingerprint density at radius 3 is 2.54 bits per heavy atom. The zero-order valence-corrected chi connectivity index (χ0v) is 14.8. The van der Waals surface area contributed by atoms with Crippen molar-refractivity contribution in [3.8, 4) is 11.4 Å². The number of sulfonamides is 1. The van der Waals surface area contributed by atoms with Gasteiger partial charge in [-0.2, -0.15) is 4.80 Å². The molecule has 3 rings (SSSR count). The molecule has 7 nitrogen and oxygen atoms in total. The molecule has 0 radical (unpaired) electrons. The Bertz CT molecular complexity index is 1070. The first kappa shape index (κ1) is 18.1. The van der Waals surface area contributed by atoms with E-state index in [9.17, 15) is 17.2 Å². The first-order valence-corrected chi connectivity index (χ1v) is 9.03. The molecule has 0 atom stereocenters. The molecule has 1 N–H and O–H groups in total. The molecule has 2 aromatic carbocycles. The third-order valence-corrected chi connectivity index (χ3v) is 5.21. The van der Waals surface area contributed by atoms with E-state index in [4.69, 9.17) is 0 Å². The van der Waals surface area contributed by atoms with Crippen LogP contribution >= 0.6 is 0 Å². The standard InChI is InChI=1S/C16H15F2N5O2S/c1-19-26(24,25)13-5-3-10(7-11-8-12(17)4-6-15(11)18)14(9-13)16-20-22-23(2)21-16/h3-6,8-9,19H,7H2,1-2H3. The van der Waals surface area contributed by atoms with Crippen molar-refractivity contribution in [3.05, 3.63) is 59.2 Å². The van der Waals surface area contributed by atoms with E-state index in [0.29, 0.717) is 11.1 Å². The van der Waals surface area contributed by atoms with Crippen LogP contribution < -0.4 is 4.72 Å². The van der Waals surface area contributed by atoms with Gasteiger partial charge in [-0.15, -0.1) is 10.2 Å². The predicted molar refractivity (Wildman–Crippen MR) is 89.6 cm³/mol. The number of aromatic nitrogens is 4. The van der Waals surface area contributed by atoms with Crippen LogP contribution in [0.1, 0.15) is 11.1 Å². The molecule has 0 bridgehead atoms. The van der Waals surface area contributed by atoms with Gasteiger partial charge in [0.05, 0.1) is 11.9 Å². The van der Waals surface area contributed by atoms with Gasteiger partial charge in [0.25, 0.3) is 0 Å². The first-order chi connectivity index (χ1) is 12.3. The minimum absolute atomic E-state index is 0.00548. The molecule has 0 fully saturated rings. The highest BCUT2D eigenvalue weighted by Gasteiger charge is 2.18. The van der Waals surface area contributed by atoms with E-state index in [1.54, 1.807) is 7.05 Å². The SMILES string of the molecule is CNS(=O)(=O)c1ccc(Cc2cc(F)ccc2F)c(-c2nnn(C)n2)c1. The molecule has 1 aromatic heterocycles. The topological polar surface area (TPSA) is 89.8 Å². The fourth-order valence-electron chi connectivity index (χ4n) is 2.48. The smallest absolute Gasteiger partial charge is 0.214 e. The molecule has 0 aliphatic rings. The van der Waals surface area contributed by atoms with Gasteiger partial charge in [0, 0.05) is 12.0 Å². The summed E-state index contributed by atoms with van der Waals surface area (Å²) in [5.74, 6) is -0.932. The minimum atomic E-state index is -3.69. The van der Waals surface area contributed by atoms with E-state index in [0.717, 1.165) is 18.2 Å². The summed E-state index contributed by atoms with van der Waals surface area (Å²) in [5, 5.41) is 11.7. The Balaban J connectivity index is 2.14. The number of aryl methyl sites for hydroxylation is 1. The van der Waals surface area contributed by atoms with Crippen molar-refractivity contribution >= 4 is 10.0 Å². The molecule has 136 valence electrons. The highest BCUT2D eigenvalue weighted by Crippen LogP contribution is 2.27. The normalized spacial score (nSPS) is 11.7. The van der Waals surface area contributed by atoms with Crippen LogP contribution in [0.2, 0.25) is 0 Å². The van der Waals surface area contributed by atoms with Crippen molar-refractivity contribution in [2.24, 2.45) is 7.05 Å². The van der Waals surface area contributed by atoms with E-state index in [1.165, 1.54) is 30.0 Å². The van der Waals surface area contributed by atoms with Crippen LogP contribution in [-0.4, -0.2) is 35.7 Å². The number of hydrogen-bond acceptors (Lipinski definition) is 5. The molecule has 1 heterocycles. The zero-order chi connectivity index (χ0) is 18.9. The molecule has 0 aliphatic heterocycles. The quantitative estimate of drug-likeness (QED) is 0.728. The van der Waals surface area contributed by atoms with E-state index in [-0.39, 0.29) is 22.7 Å². The van der Waals surface area contributed by atoms with Gasteiger partial charge in [-0.3, -0.25) is 0 Å². The molecular weight excluding hydrogens is 364 g/mol. The van der Waals surface area contributed by atoms with Gasteiger partial charge in [-0.1, -0.05) is 6.07 Å². The Morgan fingerprint density at radius 2 is 1.88 bits per heavy atom. The fourth-order valence-corrected chi connectivity index (χ4v) is 3.23. The third-order valence-electron chi connectivity index (χ3n) is 3.80. The maximum atomic E-state index is 14.0. The lowest BCUT2D eigenvalue weighted by Gasteiger charge is -2.11. The lowest BCUT2D eigenvalue weighted by atomic mass is 9.99. The third kappa shape index (κ3) is 3.60. The molecule has 0 saturated heterocycles. The summed E-state index contributed by atoms with van der Waals surface area (Å²) in [7, 11) is -0.830. The van der Waals surface area contributed by atoms with Gasteiger partial charge in [0.1, 0.15) is 11.6 Å². The largest absolute Gasteiger partial charge is 0.240 e. The Labute approximate surface area is 148 Å². The highest BCUT2D eigenvalue weighted by atomic mass is 32.2. The summed E-state index contributed by atoms with van der Waals surface area (Å²) < 4.78 is 53.8. The van der Waals surface area contributed by atoms with Gasteiger partial charge in [0.15, 0.2) is 0 Å². The Hall–Kier alpha value is -2.72. The second-order valence-electron chi connectivity index (χ2n) is 5.54. The number of nitrogens with one attached hydrogen (secondary N) is 1. The van der Waals surface area contributed by atoms with Gasteiger partial charge in [-0.05, 0) is 53.7 Å². The lowest BCUT2D eigenvalue weighted by Crippen LogP contribution is -2.18. The van der Waals surface area contributed by atoms with Crippen LogP contribution in [0.4, 0.5) is 8.78 Å². The average molecular weight is 379 g/mol. The summed E-state index contributed by atoms with van der Waals surface area (Å²) in [4.78, 5) is 1.23. The minimum Gasteiger partial charge on any atom is -0.214 e. The molecule has 0 unspecified atom stereocenters. The van der Waals surface area contributed by atoms with Gasteiger partial charge < -0.3 is 0 Å². The Morgan fingerprint density at radius 1 is 1.12 bits per heavy atom. The summed E-state index contributed by atoms with van der Waals surface area (Å²) in [6, 6.07) is 7.48. The number of benzene rings is 2. The predicted octanol–water partition coefficient (Wildman–Crippen LogP) is 1.65. The Kier molecular flexibility index (Phi) is 4.79. The molecule has 0 saturated carbocycles. The van der Waals surface area contributed by atoms with Crippen LogP contribution in [0.15, 0.2) is 41.3 Å². The van der Waals surface area contributed by atoms with Crippen LogP contribution in [0.5, 0.6) is 0 Å². The van der Waals surface area contributed by atoms with Gasteiger partial charge >= 0.3 is 0 Å². The van der Waals surface area contributed by atoms with Crippen molar-refractivity contribution < 1.29 is 17.2 Å².